The van der Waals surface area contributed by atoms with Gasteiger partial charge in [0.1, 0.15) is 6.33 Å². The summed E-state index contributed by atoms with van der Waals surface area (Å²) in [6.45, 7) is 1.79. The second kappa shape index (κ2) is 7.91. The molecule has 0 radical (unpaired) electrons. The summed E-state index contributed by atoms with van der Waals surface area (Å²) in [6, 6.07) is 14.6. The fourth-order valence-electron chi connectivity index (χ4n) is 2.11. The minimum atomic E-state index is -0.401. The number of anilines is 1. The number of para-hydroxylation sites is 1. The molecule has 1 aromatic heterocycles. The molecule has 1 heterocycles. The lowest BCUT2D eigenvalue weighted by molar-refractivity contribution is -0.115. The summed E-state index contributed by atoms with van der Waals surface area (Å²) >= 11 is 13.3. The molecule has 1 N–H and O–H groups in total. The Morgan fingerprint density at radius 2 is 1.96 bits per heavy atom. The van der Waals surface area contributed by atoms with Gasteiger partial charge in [0.2, 0.25) is 5.91 Å². The summed E-state index contributed by atoms with van der Waals surface area (Å²) in [4.78, 5) is 12.5. The lowest BCUT2D eigenvalue weighted by Gasteiger charge is -2.13. The molecule has 128 valence electrons. The zero-order valence-corrected chi connectivity index (χ0v) is 15.5. The molecule has 0 saturated carbocycles. The van der Waals surface area contributed by atoms with Crippen LogP contribution in [0.5, 0.6) is 0 Å². The van der Waals surface area contributed by atoms with Gasteiger partial charge in [-0.05, 0) is 37.3 Å². The Morgan fingerprint density at radius 3 is 2.72 bits per heavy atom. The molecular formula is C17H14Cl2N4OS. The van der Waals surface area contributed by atoms with Gasteiger partial charge in [0.15, 0.2) is 5.16 Å². The van der Waals surface area contributed by atoms with E-state index in [1.807, 2.05) is 34.9 Å². The van der Waals surface area contributed by atoms with Crippen molar-refractivity contribution >= 4 is 46.6 Å². The first kappa shape index (κ1) is 17.8. The second-order valence-corrected chi connectivity index (χ2v) is 7.34. The number of benzene rings is 2. The number of carbonyl (C=O) groups excluding carboxylic acids is 1. The maximum Gasteiger partial charge on any atom is 0.237 e. The SMILES string of the molecule is C[C@H](Sc1nncn1-c1ccccc1)C(=O)Nc1cc(Cl)ccc1Cl. The highest BCUT2D eigenvalue weighted by atomic mass is 35.5. The van der Waals surface area contributed by atoms with Crippen LogP contribution in [0.3, 0.4) is 0 Å². The summed E-state index contributed by atoms with van der Waals surface area (Å²) in [6.07, 6.45) is 1.62. The van der Waals surface area contributed by atoms with Crippen LogP contribution in [0, 0.1) is 0 Å². The van der Waals surface area contributed by atoms with E-state index < -0.39 is 5.25 Å². The van der Waals surface area contributed by atoms with Crippen molar-refractivity contribution in [2.45, 2.75) is 17.3 Å². The minimum absolute atomic E-state index is 0.197. The van der Waals surface area contributed by atoms with Crippen LogP contribution in [0.15, 0.2) is 60.0 Å². The van der Waals surface area contributed by atoms with Gasteiger partial charge >= 0.3 is 0 Å². The molecule has 0 saturated heterocycles. The summed E-state index contributed by atoms with van der Waals surface area (Å²) in [5.74, 6) is -0.197. The molecule has 5 nitrogen and oxygen atoms in total. The van der Waals surface area contributed by atoms with Crippen LogP contribution < -0.4 is 5.32 Å². The van der Waals surface area contributed by atoms with Gasteiger partial charge in [-0.15, -0.1) is 10.2 Å². The van der Waals surface area contributed by atoms with E-state index in [-0.39, 0.29) is 5.91 Å². The van der Waals surface area contributed by atoms with Crippen LogP contribution in [-0.4, -0.2) is 25.9 Å². The molecule has 0 unspecified atom stereocenters. The van der Waals surface area contributed by atoms with Crippen molar-refractivity contribution in [1.29, 1.82) is 0 Å². The Kier molecular flexibility index (Phi) is 5.63. The van der Waals surface area contributed by atoms with Crippen molar-refractivity contribution in [2.75, 3.05) is 5.32 Å². The van der Waals surface area contributed by atoms with Crippen LogP contribution in [0.1, 0.15) is 6.92 Å². The highest BCUT2D eigenvalue weighted by Crippen LogP contribution is 2.28. The molecular weight excluding hydrogens is 379 g/mol. The number of aromatic nitrogens is 3. The van der Waals surface area contributed by atoms with Gasteiger partial charge in [0.25, 0.3) is 0 Å². The van der Waals surface area contributed by atoms with E-state index in [0.29, 0.717) is 20.9 Å². The van der Waals surface area contributed by atoms with Gasteiger partial charge in [0.05, 0.1) is 16.0 Å². The number of halogens is 2. The van der Waals surface area contributed by atoms with Crippen LogP contribution in [0.25, 0.3) is 5.69 Å². The van der Waals surface area contributed by atoms with E-state index in [2.05, 4.69) is 15.5 Å². The third-order valence-electron chi connectivity index (χ3n) is 3.39. The maximum atomic E-state index is 12.5. The van der Waals surface area contributed by atoms with Crippen molar-refractivity contribution in [1.82, 2.24) is 14.8 Å². The topological polar surface area (TPSA) is 59.8 Å². The molecule has 0 bridgehead atoms. The molecule has 8 heteroatoms. The van der Waals surface area contributed by atoms with Crippen molar-refractivity contribution in [3.63, 3.8) is 0 Å². The van der Waals surface area contributed by atoms with E-state index in [0.717, 1.165) is 5.69 Å². The molecule has 3 aromatic rings. The Labute approximate surface area is 159 Å². The van der Waals surface area contributed by atoms with Crippen LogP contribution in [0.2, 0.25) is 10.0 Å². The van der Waals surface area contributed by atoms with Gasteiger partial charge in [-0.3, -0.25) is 9.36 Å². The van der Waals surface area contributed by atoms with Gasteiger partial charge in [0, 0.05) is 10.7 Å². The van der Waals surface area contributed by atoms with E-state index in [1.54, 1.807) is 31.5 Å². The van der Waals surface area contributed by atoms with Crippen LogP contribution in [-0.2, 0) is 4.79 Å². The summed E-state index contributed by atoms with van der Waals surface area (Å²) in [7, 11) is 0. The van der Waals surface area contributed by atoms with Crippen molar-refractivity contribution in [2.24, 2.45) is 0 Å². The lowest BCUT2D eigenvalue weighted by atomic mass is 10.3. The van der Waals surface area contributed by atoms with Crippen molar-refractivity contribution in [3.05, 3.63) is 64.9 Å². The number of thioether (sulfide) groups is 1. The Morgan fingerprint density at radius 1 is 1.20 bits per heavy atom. The highest BCUT2D eigenvalue weighted by molar-refractivity contribution is 8.00. The molecule has 1 atom stereocenters. The van der Waals surface area contributed by atoms with Gasteiger partial charge in [-0.1, -0.05) is 53.2 Å². The largest absolute Gasteiger partial charge is 0.324 e. The maximum absolute atomic E-state index is 12.5. The molecule has 0 fully saturated rings. The molecule has 3 rings (SSSR count). The standard InChI is InChI=1S/C17H14Cl2N4OS/c1-11(16(24)21-15-9-12(18)7-8-14(15)19)25-17-22-20-10-23(17)13-5-3-2-4-6-13/h2-11H,1H3,(H,21,24)/t11-/m0/s1. The smallest absolute Gasteiger partial charge is 0.237 e. The number of hydrogen-bond donors (Lipinski definition) is 1. The van der Waals surface area contributed by atoms with Crippen molar-refractivity contribution < 1.29 is 4.79 Å². The van der Waals surface area contributed by atoms with Gasteiger partial charge in [-0.25, -0.2) is 0 Å². The van der Waals surface area contributed by atoms with Crippen LogP contribution in [0.4, 0.5) is 5.69 Å². The number of hydrogen-bond acceptors (Lipinski definition) is 4. The fraction of sp³-hybridized carbons (Fsp3) is 0.118. The minimum Gasteiger partial charge on any atom is -0.324 e. The lowest BCUT2D eigenvalue weighted by Crippen LogP contribution is -2.23. The predicted octanol–water partition coefficient (Wildman–Crippen LogP) is 4.69. The second-order valence-electron chi connectivity index (χ2n) is 5.19. The highest BCUT2D eigenvalue weighted by Gasteiger charge is 2.19. The number of carbonyl (C=O) groups is 1. The Bertz CT molecular complexity index is 885. The Hall–Kier alpha value is -2.02. The number of amides is 1. The third-order valence-corrected chi connectivity index (χ3v) is 5.01. The van der Waals surface area contributed by atoms with Crippen LogP contribution >= 0.6 is 35.0 Å². The summed E-state index contributed by atoms with van der Waals surface area (Å²) in [5, 5.41) is 12.0. The molecule has 25 heavy (non-hydrogen) atoms. The number of nitrogens with one attached hydrogen (secondary N) is 1. The first-order valence-corrected chi connectivity index (χ1v) is 9.06. The molecule has 0 aliphatic carbocycles. The fourth-order valence-corrected chi connectivity index (χ4v) is 3.29. The van der Waals surface area contributed by atoms with E-state index in [9.17, 15) is 4.79 Å². The van der Waals surface area contributed by atoms with E-state index >= 15 is 0 Å². The first-order valence-electron chi connectivity index (χ1n) is 7.42. The third kappa shape index (κ3) is 4.34. The van der Waals surface area contributed by atoms with Gasteiger partial charge < -0.3 is 5.32 Å². The molecule has 0 spiro atoms. The number of nitrogens with zero attached hydrogens (tertiary/aromatic N) is 3. The monoisotopic (exact) mass is 392 g/mol. The zero-order valence-electron chi connectivity index (χ0n) is 13.2. The molecule has 0 aliphatic rings. The summed E-state index contributed by atoms with van der Waals surface area (Å²) in [5.41, 5.74) is 1.41. The molecule has 1 amide bonds. The molecule has 2 aromatic carbocycles. The normalized spacial score (nSPS) is 12.0. The van der Waals surface area contributed by atoms with E-state index in [1.165, 1.54) is 11.8 Å². The number of rotatable bonds is 5. The average molecular weight is 393 g/mol. The summed E-state index contributed by atoms with van der Waals surface area (Å²) < 4.78 is 1.83. The zero-order chi connectivity index (χ0) is 17.8. The average Bonchev–Trinajstić information content (AvgIpc) is 3.07. The van der Waals surface area contributed by atoms with Crippen molar-refractivity contribution in [3.8, 4) is 5.69 Å². The Balaban J connectivity index is 1.73. The van der Waals surface area contributed by atoms with E-state index in [4.69, 9.17) is 23.2 Å². The molecule has 0 aliphatic heterocycles. The quantitative estimate of drug-likeness (QED) is 0.639. The van der Waals surface area contributed by atoms with Gasteiger partial charge in [-0.2, -0.15) is 0 Å². The predicted molar refractivity (Wildman–Crippen MR) is 102 cm³/mol. The first-order chi connectivity index (χ1) is 12.0.